The van der Waals surface area contributed by atoms with Gasteiger partial charge in [-0.2, -0.15) is 5.26 Å². The Morgan fingerprint density at radius 2 is 1.59 bits per heavy atom. The van der Waals surface area contributed by atoms with E-state index in [0.717, 1.165) is 12.0 Å². The predicted octanol–water partition coefficient (Wildman–Crippen LogP) is 3.72. The molecule has 2 heteroatoms. The Labute approximate surface area is 106 Å². The van der Waals surface area contributed by atoms with Gasteiger partial charge in [0.05, 0.1) is 12.6 Å². The lowest BCUT2D eigenvalue weighted by Gasteiger charge is -2.39. The van der Waals surface area contributed by atoms with Crippen LogP contribution >= 0.6 is 0 Å². The molecule has 2 rings (SSSR count). The summed E-state index contributed by atoms with van der Waals surface area (Å²) in [5, 5.41) is 9.03. The summed E-state index contributed by atoms with van der Waals surface area (Å²) in [6.45, 7) is 2.97. The van der Waals surface area contributed by atoms with Crippen LogP contribution < -0.4 is 0 Å². The van der Waals surface area contributed by atoms with Crippen LogP contribution in [0, 0.1) is 17.2 Å². The van der Waals surface area contributed by atoms with Gasteiger partial charge in [-0.25, -0.2) is 0 Å². The summed E-state index contributed by atoms with van der Waals surface area (Å²) in [7, 11) is 0. The quantitative estimate of drug-likeness (QED) is 0.693. The van der Waals surface area contributed by atoms with Crippen LogP contribution in [-0.4, -0.2) is 23.5 Å². The first-order chi connectivity index (χ1) is 8.35. The van der Waals surface area contributed by atoms with Crippen molar-refractivity contribution in [1.29, 1.82) is 5.26 Å². The molecule has 0 saturated heterocycles. The number of hydrogen-bond donors (Lipinski definition) is 0. The molecule has 0 heterocycles. The fraction of sp³-hybridized carbons (Fsp3) is 0.933. The third-order valence-electron chi connectivity index (χ3n) is 4.91. The van der Waals surface area contributed by atoms with Gasteiger partial charge in [0.15, 0.2) is 0 Å². The number of nitriles is 1. The van der Waals surface area contributed by atoms with Gasteiger partial charge in [-0.1, -0.05) is 26.2 Å². The Morgan fingerprint density at radius 3 is 2.12 bits per heavy atom. The molecule has 0 radical (unpaired) electrons. The van der Waals surface area contributed by atoms with Gasteiger partial charge < -0.3 is 0 Å². The van der Waals surface area contributed by atoms with Gasteiger partial charge in [0.25, 0.3) is 0 Å². The monoisotopic (exact) mass is 234 g/mol. The van der Waals surface area contributed by atoms with E-state index in [1.807, 2.05) is 0 Å². The molecule has 0 aromatic carbocycles. The molecular formula is C15H26N2. The summed E-state index contributed by atoms with van der Waals surface area (Å²) in [5.74, 6) is 0.957. The normalized spacial score (nSPS) is 30.6. The van der Waals surface area contributed by atoms with E-state index in [0.29, 0.717) is 12.6 Å². The van der Waals surface area contributed by atoms with Crippen LogP contribution in [0.5, 0.6) is 0 Å². The van der Waals surface area contributed by atoms with Gasteiger partial charge in [-0.3, -0.25) is 4.90 Å². The lowest BCUT2D eigenvalue weighted by molar-refractivity contribution is 0.106. The Hall–Kier alpha value is -0.550. The molecule has 0 aromatic heterocycles. The molecule has 0 N–H and O–H groups in total. The number of hydrogen-bond acceptors (Lipinski definition) is 2. The largest absolute Gasteiger partial charge is 0.285 e. The van der Waals surface area contributed by atoms with E-state index in [1.165, 1.54) is 57.8 Å². The Morgan fingerprint density at radius 1 is 1.00 bits per heavy atom. The first-order valence-electron chi connectivity index (χ1n) is 7.47. The molecule has 2 aliphatic rings. The van der Waals surface area contributed by atoms with Crippen LogP contribution in [0.2, 0.25) is 0 Å². The molecular weight excluding hydrogens is 208 g/mol. The van der Waals surface area contributed by atoms with Crippen molar-refractivity contribution in [3.8, 4) is 6.07 Å². The Balaban J connectivity index is 1.90. The zero-order chi connectivity index (χ0) is 12.1. The second-order valence-corrected chi connectivity index (χ2v) is 5.85. The average Bonchev–Trinajstić information content (AvgIpc) is 2.90. The summed E-state index contributed by atoms with van der Waals surface area (Å²) in [6, 6.07) is 3.82. The van der Waals surface area contributed by atoms with E-state index in [2.05, 4.69) is 17.9 Å². The zero-order valence-corrected chi connectivity index (χ0v) is 11.2. The van der Waals surface area contributed by atoms with Crippen molar-refractivity contribution < 1.29 is 0 Å². The van der Waals surface area contributed by atoms with Crippen LogP contribution in [0.25, 0.3) is 0 Å². The second kappa shape index (κ2) is 6.40. The van der Waals surface area contributed by atoms with Crippen molar-refractivity contribution in [2.75, 3.05) is 6.54 Å². The van der Waals surface area contributed by atoms with E-state index in [1.54, 1.807) is 0 Å². The van der Waals surface area contributed by atoms with Crippen LogP contribution in [0.1, 0.15) is 64.7 Å². The van der Waals surface area contributed by atoms with E-state index < -0.39 is 0 Å². The first-order valence-corrected chi connectivity index (χ1v) is 7.47. The van der Waals surface area contributed by atoms with Gasteiger partial charge in [-0.15, -0.1) is 0 Å². The maximum absolute atomic E-state index is 9.03. The first kappa shape index (κ1) is 12.9. The molecule has 96 valence electrons. The lowest BCUT2D eigenvalue weighted by atomic mass is 9.83. The highest BCUT2D eigenvalue weighted by molar-refractivity contribution is 4.90. The van der Waals surface area contributed by atoms with Crippen molar-refractivity contribution in [1.82, 2.24) is 4.90 Å². The standard InChI is InChI=1S/C15H26N2/c1-2-13-7-9-15(10-8-13)17(12-11-16)14-5-3-4-6-14/h13-15H,2-10,12H2,1H3. The summed E-state index contributed by atoms with van der Waals surface area (Å²) >= 11 is 0. The van der Waals surface area contributed by atoms with Gasteiger partial charge in [0, 0.05) is 12.1 Å². The summed E-state index contributed by atoms with van der Waals surface area (Å²) in [6.07, 6.45) is 12.2. The lowest BCUT2D eigenvalue weighted by Crippen LogP contribution is -2.44. The van der Waals surface area contributed by atoms with Crippen LogP contribution in [0.4, 0.5) is 0 Å². The van der Waals surface area contributed by atoms with E-state index in [-0.39, 0.29) is 0 Å². The van der Waals surface area contributed by atoms with Gasteiger partial charge in [0.1, 0.15) is 0 Å². The minimum absolute atomic E-state index is 0.659. The smallest absolute Gasteiger partial charge is 0.0870 e. The summed E-state index contributed by atoms with van der Waals surface area (Å²) < 4.78 is 0. The van der Waals surface area contributed by atoms with Gasteiger partial charge >= 0.3 is 0 Å². The van der Waals surface area contributed by atoms with Gasteiger partial charge in [0.2, 0.25) is 0 Å². The van der Waals surface area contributed by atoms with E-state index >= 15 is 0 Å². The van der Waals surface area contributed by atoms with Crippen LogP contribution in [0.15, 0.2) is 0 Å². The minimum Gasteiger partial charge on any atom is -0.285 e. The highest BCUT2D eigenvalue weighted by atomic mass is 15.2. The molecule has 0 bridgehead atoms. The molecule has 0 amide bonds. The SMILES string of the molecule is CCC1CCC(N(CC#N)C2CCCC2)CC1. The summed E-state index contributed by atoms with van der Waals surface area (Å²) in [4.78, 5) is 2.54. The Bertz CT molecular complexity index is 255. The fourth-order valence-corrected chi connectivity index (χ4v) is 3.76. The van der Waals surface area contributed by atoms with Crippen molar-refractivity contribution >= 4 is 0 Å². The molecule has 0 spiro atoms. The maximum Gasteiger partial charge on any atom is 0.0870 e. The molecule has 0 unspecified atom stereocenters. The second-order valence-electron chi connectivity index (χ2n) is 5.85. The molecule has 2 nitrogen and oxygen atoms in total. The van der Waals surface area contributed by atoms with E-state index in [4.69, 9.17) is 5.26 Å². The number of rotatable bonds is 4. The van der Waals surface area contributed by atoms with Crippen molar-refractivity contribution in [3.05, 3.63) is 0 Å². The zero-order valence-electron chi connectivity index (χ0n) is 11.2. The van der Waals surface area contributed by atoms with Gasteiger partial charge in [-0.05, 0) is 44.4 Å². The average molecular weight is 234 g/mol. The third kappa shape index (κ3) is 3.22. The fourth-order valence-electron chi connectivity index (χ4n) is 3.76. The topological polar surface area (TPSA) is 27.0 Å². The molecule has 0 aliphatic heterocycles. The highest BCUT2D eigenvalue weighted by Crippen LogP contribution is 2.33. The number of nitrogens with zero attached hydrogens (tertiary/aromatic N) is 2. The minimum atomic E-state index is 0.659. The summed E-state index contributed by atoms with van der Waals surface area (Å²) in [5.41, 5.74) is 0. The predicted molar refractivity (Wildman–Crippen MR) is 70.6 cm³/mol. The van der Waals surface area contributed by atoms with Crippen molar-refractivity contribution in [2.24, 2.45) is 5.92 Å². The van der Waals surface area contributed by atoms with Crippen LogP contribution in [0.3, 0.4) is 0 Å². The molecule has 2 fully saturated rings. The third-order valence-corrected chi connectivity index (χ3v) is 4.91. The van der Waals surface area contributed by atoms with Crippen LogP contribution in [-0.2, 0) is 0 Å². The Kier molecular flexibility index (Phi) is 4.86. The molecule has 2 aliphatic carbocycles. The van der Waals surface area contributed by atoms with Crippen molar-refractivity contribution in [2.45, 2.75) is 76.8 Å². The van der Waals surface area contributed by atoms with E-state index in [9.17, 15) is 0 Å². The highest BCUT2D eigenvalue weighted by Gasteiger charge is 2.31. The van der Waals surface area contributed by atoms with Crippen molar-refractivity contribution in [3.63, 3.8) is 0 Å². The molecule has 0 aromatic rings. The molecule has 0 atom stereocenters. The maximum atomic E-state index is 9.03. The molecule has 2 saturated carbocycles. The molecule has 17 heavy (non-hydrogen) atoms.